The Hall–Kier alpha value is -3.64. The van der Waals surface area contributed by atoms with Crippen LogP contribution in [0.3, 0.4) is 0 Å². The van der Waals surface area contributed by atoms with Crippen LogP contribution in [0.25, 0.3) is 0 Å². The predicted octanol–water partition coefficient (Wildman–Crippen LogP) is 5.44. The van der Waals surface area contributed by atoms with Gasteiger partial charge in [-0.05, 0) is 60.9 Å². The van der Waals surface area contributed by atoms with Gasteiger partial charge in [-0.15, -0.1) is 0 Å². The fourth-order valence-electron chi connectivity index (χ4n) is 4.16. The summed E-state index contributed by atoms with van der Waals surface area (Å²) in [6.45, 7) is 0.648. The first-order valence-electron chi connectivity index (χ1n) is 11.9. The van der Waals surface area contributed by atoms with Gasteiger partial charge in [-0.3, -0.25) is 4.79 Å². The smallest absolute Gasteiger partial charge is 0.416 e. The molecule has 0 aromatic heterocycles. The highest BCUT2D eigenvalue weighted by molar-refractivity contribution is 7.87. The highest BCUT2D eigenvalue weighted by Crippen LogP contribution is 2.34. The van der Waals surface area contributed by atoms with Crippen molar-refractivity contribution in [3.8, 4) is 11.5 Å². The van der Waals surface area contributed by atoms with Gasteiger partial charge in [0.1, 0.15) is 10.7 Å². The van der Waals surface area contributed by atoms with Crippen molar-refractivity contribution in [1.29, 1.82) is 0 Å². The summed E-state index contributed by atoms with van der Waals surface area (Å²) in [4.78, 5) is 14.0. The van der Waals surface area contributed by atoms with Crippen LogP contribution in [-0.4, -0.2) is 45.6 Å². The number of ether oxygens (including phenoxy) is 2. The minimum atomic E-state index is -4.75. The first-order chi connectivity index (χ1) is 18.5. The highest BCUT2D eigenvalue weighted by atomic mass is 32.2. The van der Waals surface area contributed by atoms with Crippen molar-refractivity contribution >= 4 is 16.0 Å². The van der Waals surface area contributed by atoms with Gasteiger partial charge in [-0.1, -0.05) is 24.3 Å². The normalized spacial score (nSPS) is 15.7. The lowest BCUT2D eigenvalue weighted by atomic mass is 10.1. The van der Waals surface area contributed by atoms with Crippen LogP contribution < -0.4 is 8.92 Å². The number of rotatable bonds is 9. The largest absolute Gasteiger partial charge is 0.493 e. The van der Waals surface area contributed by atoms with Gasteiger partial charge in [0.15, 0.2) is 11.5 Å². The Kier molecular flexibility index (Phi) is 8.45. The number of hydrogen-bond donors (Lipinski definition) is 0. The van der Waals surface area contributed by atoms with Gasteiger partial charge in [-0.25, -0.2) is 4.39 Å². The molecule has 1 aliphatic heterocycles. The number of methoxy groups -OCH3 is 1. The third-order valence-corrected chi connectivity index (χ3v) is 7.32. The summed E-state index contributed by atoms with van der Waals surface area (Å²) in [6.07, 6.45) is -3.47. The SMILES string of the molecule is COc1ccc(CN(C[C@H]2CCCO2)C(=O)c2ccccc2F)cc1OS(=O)(=O)c1cccc(C(F)(F)F)c1. The number of alkyl halides is 3. The molecule has 1 heterocycles. The Morgan fingerprint density at radius 1 is 1.05 bits per heavy atom. The first kappa shape index (κ1) is 28.4. The Morgan fingerprint density at radius 2 is 1.82 bits per heavy atom. The average molecular weight is 568 g/mol. The Balaban J connectivity index is 1.63. The zero-order valence-electron chi connectivity index (χ0n) is 20.8. The van der Waals surface area contributed by atoms with Gasteiger partial charge in [0.05, 0.1) is 24.3 Å². The van der Waals surface area contributed by atoms with Crippen molar-refractivity contribution < 1.29 is 44.4 Å². The van der Waals surface area contributed by atoms with Gasteiger partial charge in [0.25, 0.3) is 5.91 Å². The van der Waals surface area contributed by atoms with Crippen LogP contribution in [0.15, 0.2) is 71.6 Å². The molecule has 0 radical (unpaired) electrons. The minimum absolute atomic E-state index is 0.000377. The maximum absolute atomic E-state index is 14.4. The van der Waals surface area contributed by atoms with Crippen molar-refractivity contribution in [2.24, 2.45) is 0 Å². The summed E-state index contributed by atoms with van der Waals surface area (Å²) >= 11 is 0. The molecule has 1 atom stereocenters. The molecule has 39 heavy (non-hydrogen) atoms. The van der Waals surface area contributed by atoms with Gasteiger partial charge < -0.3 is 18.6 Å². The second-order valence-corrected chi connectivity index (χ2v) is 10.4. The maximum Gasteiger partial charge on any atom is 0.416 e. The van der Waals surface area contributed by atoms with Gasteiger partial charge >= 0.3 is 16.3 Å². The van der Waals surface area contributed by atoms with E-state index in [4.69, 9.17) is 13.7 Å². The van der Waals surface area contributed by atoms with Gasteiger partial charge in [-0.2, -0.15) is 21.6 Å². The molecule has 0 aliphatic carbocycles. The molecule has 3 aromatic carbocycles. The Labute approximate surface area is 223 Å². The molecule has 1 saturated heterocycles. The molecule has 1 aliphatic rings. The molecule has 0 saturated carbocycles. The predicted molar refractivity (Wildman–Crippen MR) is 132 cm³/mol. The molecule has 208 valence electrons. The minimum Gasteiger partial charge on any atom is -0.493 e. The summed E-state index contributed by atoms with van der Waals surface area (Å²) in [5.74, 6) is -1.56. The third-order valence-electron chi connectivity index (χ3n) is 6.09. The molecule has 1 amide bonds. The first-order valence-corrected chi connectivity index (χ1v) is 13.3. The van der Waals surface area contributed by atoms with E-state index in [0.29, 0.717) is 24.7 Å². The lowest BCUT2D eigenvalue weighted by Crippen LogP contribution is -2.37. The zero-order chi connectivity index (χ0) is 28.2. The fraction of sp³-hybridized carbons (Fsp3) is 0.296. The molecule has 3 aromatic rings. The average Bonchev–Trinajstić information content (AvgIpc) is 3.41. The molecule has 4 rings (SSSR count). The Bertz CT molecular complexity index is 1440. The van der Waals surface area contributed by atoms with E-state index in [-0.39, 0.29) is 36.3 Å². The summed E-state index contributed by atoms with van der Waals surface area (Å²) in [6, 6.07) is 13.0. The van der Waals surface area contributed by atoms with Crippen molar-refractivity contribution in [3.63, 3.8) is 0 Å². The summed E-state index contributed by atoms with van der Waals surface area (Å²) in [7, 11) is -3.42. The fourth-order valence-corrected chi connectivity index (χ4v) is 5.14. The monoisotopic (exact) mass is 567 g/mol. The molecule has 0 spiro atoms. The van der Waals surface area contributed by atoms with Crippen LogP contribution in [0, 0.1) is 5.82 Å². The van der Waals surface area contributed by atoms with Crippen LogP contribution in [0.4, 0.5) is 17.6 Å². The number of carbonyl (C=O) groups is 1. The van der Waals surface area contributed by atoms with E-state index in [1.165, 1.54) is 42.3 Å². The van der Waals surface area contributed by atoms with Crippen molar-refractivity contribution in [2.45, 2.75) is 36.6 Å². The molecule has 12 heteroatoms. The molecule has 0 unspecified atom stereocenters. The van der Waals surface area contributed by atoms with Crippen LogP contribution in [0.2, 0.25) is 0 Å². The van der Waals surface area contributed by atoms with E-state index in [0.717, 1.165) is 24.6 Å². The van der Waals surface area contributed by atoms with Crippen molar-refractivity contribution in [3.05, 3.63) is 89.2 Å². The topological polar surface area (TPSA) is 82.1 Å². The Morgan fingerprint density at radius 3 is 2.49 bits per heavy atom. The number of carbonyl (C=O) groups excluding carboxylic acids is 1. The maximum atomic E-state index is 14.4. The summed E-state index contributed by atoms with van der Waals surface area (Å²) in [5.41, 5.74) is -0.871. The standard InChI is InChI=1S/C27H25F4NO6S/c1-36-24-12-11-18(14-25(24)38-39(34,35)21-8-4-6-19(15-21)27(29,30)31)16-32(17-20-7-5-13-37-20)26(33)22-9-2-3-10-23(22)28/h2-4,6,8-12,14-15,20H,5,7,13,16-17H2,1H3/t20-/m1/s1. The number of amides is 1. The summed E-state index contributed by atoms with van der Waals surface area (Å²) in [5, 5.41) is 0. The van der Waals surface area contributed by atoms with Crippen LogP contribution in [-0.2, 0) is 27.6 Å². The molecular weight excluding hydrogens is 542 g/mol. The molecule has 7 nitrogen and oxygen atoms in total. The van der Waals surface area contributed by atoms with Crippen LogP contribution >= 0.6 is 0 Å². The van der Waals surface area contributed by atoms with Crippen molar-refractivity contribution in [1.82, 2.24) is 4.90 Å². The quantitative estimate of drug-likeness (QED) is 0.253. The molecule has 0 bridgehead atoms. The van der Waals surface area contributed by atoms with E-state index in [1.54, 1.807) is 12.1 Å². The molecular formula is C27H25F4NO6S. The van der Waals surface area contributed by atoms with Crippen molar-refractivity contribution in [2.75, 3.05) is 20.3 Å². The molecule has 1 fully saturated rings. The summed E-state index contributed by atoms with van der Waals surface area (Å²) < 4.78 is 95.5. The van der Waals surface area contributed by atoms with E-state index in [1.807, 2.05) is 0 Å². The van der Waals surface area contributed by atoms with Crippen LogP contribution in [0.1, 0.15) is 34.3 Å². The highest BCUT2D eigenvalue weighted by Gasteiger charge is 2.32. The molecule has 0 N–H and O–H groups in total. The lowest BCUT2D eigenvalue weighted by molar-refractivity contribution is -0.137. The van der Waals surface area contributed by atoms with E-state index < -0.39 is 38.5 Å². The van der Waals surface area contributed by atoms with Crippen LogP contribution in [0.5, 0.6) is 11.5 Å². The van der Waals surface area contributed by atoms with E-state index in [2.05, 4.69) is 0 Å². The lowest BCUT2D eigenvalue weighted by Gasteiger charge is -2.26. The van der Waals surface area contributed by atoms with E-state index in [9.17, 15) is 30.8 Å². The number of nitrogens with zero attached hydrogens (tertiary/aromatic N) is 1. The zero-order valence-corrected chi connectivity index (χ0v) is 21.6. The number of halogens is 4. The van der Waals surface area contributed by atoms with Gasteiger partial charge in [0, 0.05) is 19.7 Å². The third kappa shape index (κ3) is 6.87. The number of hydrogen-bond acceptors (Lipinski definition) is 6. The van der Waals surface area contributed by atoms with E-state index >= 15 is 0 Å². The number of benzene rings is 3. The second-order valence-electron chi connectivity index (χ2n) is 8.85. The van der Waals surface area contributed by atoms with Gasteiger partial charge in [0.2, 0.25) is 0 Å². The second kappa shape index (κ2) is 11.6.